The molecule has 0 spiro atoms. The van der Waals surface area contributed by atoms with Crippen LogP contribution in [0, 0.1) is 6.92 Å². The van der Waals surface area contributed by atoms with Gasteiger partial charge in [0.25, 0.3) is 5.91 Å². The van der Waals surface area contributed by atoms with Crippen molar-refractivity contribution in [2.75, 3.05) is 7.11 Å². The summed E-state index contributed by atoms with van der Waals surface area (Å²) in [4.78, 5) is 11.9. The predicted molar refractivity (Wildman–Crippen MR) is 96.1 cm³/mol. The number of hydrogen-bond acceptors (Lipinski definition) is 4. The first-order valence-corrected chi connectivity index (χ1v) is 7.89. The number of aromatic nitrogens is 2. The normalized spacial score (nSPS) is 10.5. The molecule has 1 heterocycles. The van der Waals surface area contributed by atoms with Gasteiger partial charge in [-0.25, -0.2) is 5.84 Å². The second kappa shape index (κ2) is 7.19. The molecule has 6 nitrogen and oxygen atoms in total. The van der Waals surface area contributed by atoms with Gasteiger partial charge in [0.15, 0.2) is 5.69 Å². The van der Waals surface area contributed by atoms with Crippen LogP contribution in [0.1, 0.15) is 21.6 Å². The third-order valence-electron chi connectivity index (χ3n) is 3.98. The molecular weight excluding hydrogens is 316 g/mol. The van der Waals surface area contributed by atoms with E-state index in [4.69, 9.17) is 10.6 Å². The summed E-state index contributed by atoms with van der Waals surface area (Å²) >= 11 is 0. The number of nitrogens with zero attached hydrogens (tertiary/aromatic N) is 2. The minimum atomic E-state index is -0.415. The van der Waals surface area contributed by atoms with Crippen LogP contribution in [0.25, 0.3) is 11.3 Å². The third kappa shape index (κ3) is 3.70. The van der Waals surface area contributed by atoms with Crippen LogP contribution in [0.15, 0.2) is 54.6 Å². The van der Waals surface area contributed by atoms with E-state index in [2.05, 4.69) is 10.5 Å². The quantitative estimate of drug-likeness (QED) is 0.426. The highest BCUT2D eigenvalue weighted by Gasteiger charge is 2.15. The first kappa shape index (κ1) is 16.7. The summed E-state index contributed by atoms with van der Waals surface area (Å²) in [6.07, 6.45) is 0. The highest BCUT2D eigenvalue weighted by atomic mass is 16.5. The molecular formula is C19H20N4O2. The Balaban J connectivity index is 1.99. The number of rotatable bonds is 5. The van der Waals surface area contributed by atoms with Crippen LogP contribution in [-0.4, -0.2) is 22.8 Å². The maximum Gasteiger partial charge on any atom is 0.285 e. The van der Waals surface area contributed by atoms with Gasteiger partial charge in [0.05, 0.1) is 19.3 Å². The average Bonchev–Trinajstić information content (AvgIpc) is 3.06. The van der Waals surface area contributed by atoms with Crippen LogP contribution >= 0.6 is 0 Å². The molecule has 1 aromatic heterocycles. The van der Waals surface area contributed by atoms with Crippen molar-refractivity contribution in [2.45, 2.75) is 13.5 Å². The average molecular weight is 336 g/mol. The Kier molecular flexibility index (Phi) is 4.81. The smallest absolute Gasteiger partial charge is 0.285 e. The molecule has 0 bridgehead atoms. The Morgan fingerprint density at radius 1 is 1.16 bits per heavy atom. The van der Waals surface area contributed by atoms with Crippen LogP contribution in [-0.2, 0) is 6.54 Å². The van der Waals surface area contributed by atoms with Crippen LogP contribution in [0.5, 0.6) is 5.75 Å². The largest absolute Gasteiger partial charge is 0.497 e. The number of hydrogen-bond donors (Lipinski definition) is 2. The number of carbonyl (C=O) groups excluding carboxylic acids is 1. The summed E-state index contributed by atoms with van der Waals surface area (Å²) in [6, 6.07) is 17.6. The zero-order chi connectivity index (χ0) is 17.8. The molecule has 0 saturated heterocycles. The van der Waals surface area contributed by atoms with E-state index < -0.39 is 5.91 Å². The third-order valence-corrected chi connectivity index (χ3v) is 3.98. The maximum absolute atomic E-state index is 11.9. The number of nitrogen functional groups attached to an aromatic ring is 1. The molecule has 0 radical (unpaired) electrons. The second-order valence-corrected chi connectivity index (χ2v) is 5.76. The van der Waals surface area contributed by atoms with Crippen molar-refractivity contribution in [3.05, 3.63) is 71.4 Å². The van der Waals surface area contributed by atoms with E-state index in [1.165, 1.54) is 5.56 Å². The van der Waals surface area contributed by atoms with Crippen molar-refractivity contribution in [2.24, 2.45) is 5.84 Å². The first-order valence-electron chi connectivity index (χ1n) is 7.89. The Morgan fingerprint density at radius 3 is 2.44 bits per heavy atom. The van der Waals surface area contributed by atoms with Crippen molar-refractivity contribution < 1.29 is 9.53 Å². The first-order chi connectivity index (χ1) is 12.1. The highest BCUT2D eigenvalue weighted by Crippen LogP contribution is 2.23. The highest BCUT2D eigenvalue weighted by molar-refractivity contribution is 5.93. The molecule has 6 heteroatoms. The van der Waals surface area contributed by atoms with Crippen molar-refractivity contribution in [1.29, 1.82) is 0 Å². The molecule has 128 valence electrons. The lowest BCUT2D eigenvalue weighted by atomic mass is 10.1. The van der Waals surface area contributed by atoms with Gasteiger partial charge in [-0.05, 0) is 36.2 Å². The fraction of sp³-hybridized carbons (Fsp3) is 0.158. The standard InChI is InChI=1S/C19H20N4O2/c1-13-3-7-15(8-4-13)18-11-17(19(24)21-20)22-23(18)12-14-5-9-16(25-2)10-6-14/h3-11H,12,20H2,1-2H3,(H,21,24). The summed E-state index contributed by atoms with van der Waals surface area (Å²) in [5.74, 6) is 5.63. The van der Waals surface area contributed by atoms with Gasteiger partial charge in [-0.2, -0.15) is 5.10 Å². The molecule has 0 fully saturated rings. The van der Waals surface area contributed by atoms with E-state index in [-0.39, 0.29) is 5.69 Å². The van der Waals surface area contributed by atoms with E-state index in [0.29, 0.717) is 6.54 Å². The number of hydrazine groups is 1. The van der Waals surface area contributed by atoms with Gasteiger partial charge in [-0.1, -0.05) is 42.0 Å². The number of carbonyl (C=O) groups is 1. The molecule has 0 unspecified atom stereocenters. The van der Waals surface area contributed by atoms with Crippen molar-refractivity contribution in [1.82, 2.24) is 15.2 Å². The molecule has 1 amide bonds. The zero-order valence-corrected chi connectivity index (χ0v) is 14.2. The van der Waals surface area contributed by atoms with E-state index in [9.17, 15) is 4.79 Å². The Morgan fingerprint density at radius 2 is 1.84 bits per heavy atom. The van der Waals surface area contributed by atoms with Crippen LogP contribution in [0.2, 0.25) is 0 Å². The summed E-state index contributed by atoms with van der Waals surface area (Å²) in [6.45, 7) is 2.57. The van der Waals surface area contributed by atoms with Crippen molar-refractivity contribution in [3.8, 4) is 17.0 Å². The van der Waals surface area contributed by atoms with E-state index in [1.54, 1.807) is 17.9 Å². The van der Waals surface area contributed by atoms with Crippen LogP contribution in [0.3, 0.4) is 0 Å². The van der Waals surface area contributed by atoms with Crippen molar-refractivity contribution in [3.63, 3.8) is 0 Å². The van der Waals surface area contributed by atoms with Crippen LogP contribution < -0.4 is 16.0 Å². The lowest BCUT2D eigenvalue weighted by molar-refractivity contribution is 0.0948. The van der Waals surface area contributed by atoms with Crippen LogP contribution in [0.4, 0.5) is 0 Å². The number of ether oxygens (including phenoxy) is 1. The maximum atomic E-state index is 11.9. The molecule has 0 aliphatic heterocycles. The van der Waals surface area contributed by atoms with E-state index >= 15 is 0 Å². The number of amides is 1. The van der Waals surface area contributed by atoms with Crippen molar-refractivity contribution >= 4 is 5.91 Å². The monoisotopic (exact) mass is 336 g/mol. The molecule has 3 rings (SSSR count). The summed E-state index contributed by atoms with van der Waals surface area (Å²) in [5.41, 5.74) is 6.48. The van der Waals surface area contributed by atoms with E-state index in [0.717, 1.165) is 22.6 Å². The lowest BCUT2D eigenvalue weighted by Gasteiger charge is -2.09. The Hall–Kier alpha value is -3.12. The minimum absolute atomic E-state index is 0.284. The van der Waals surface area contributed by atoms with Gasteiger partial charge in [0, 0.05) is 0 Å². The number of methoxy groups -OCH3 is 1. The van der Waals surface area contributed by atoms with E-state index in [1.807, 2.05) is 55.5 Å². The van der Waals surface area contributed by atoms with Gasteiger partial charge in [-0.15, -0.1) is 0 Å². The minimum Gasteiger partial charge on any atom is -0.497 e. The van der Waals surface area contributed by atoms with Gasteiger partial charge in [-0.3, -0.25) is 14.9 Å². The van der Waals surface area contributed by atoms with Gasteiger partial charge in [0.2, 0.25) is 0 Å². The molecule has 0 aliphatic carbocycles. The second-order valence-electron chi connectivity index (χ2n) is 5.76. The molecule has 2 aromatic carbocycles. The predicted octanol–water partition coefficient (Wildman–Crippen LogP) is 2.52. The summed E-state index contributed by atoms with van der Waals surface area (Å²) in [7, 11) is 1.63. The topological polar surface area (TPSA) is 82.2 Å². The molecule has 25 heavy (non-hydrogen) atoms. The number of benzene rings is 2. The Bertz CT molecular complexity index is 867. The lowest BCUT2D eigenvalue weighted by Crippen LogP contribution is -2.30. The Labute approximate surface area is 146 Å². The molecule has 3 aromatic rings. The van der Waals surface area contributed by atoms with Gasteiger partial charge >= 0.3 is 0 Å². The zero-order valence-electron chi connectivity index (χ0n) is 14.2. The fourth-order valence-corrected chi connectivity index (χ4v) is 2.58. The molecule has 0 atom stereocenters. The van der Waals surface area contributed by atoms with Gasteiger partial charge in [0.1, 0.15) is 5.75 Å². The number of nitrogens with one attached hydrogen (secondary N) is 1. The molecule has 3 N–H and O–H groups in total. The summed E-state index contributed by atoms with van der Waals surface area (Å²) < 4.78 is 6.99. The fourth-order valence-electron chi connectivity index (χ4n) is 2.58. The summed E-state index contributed by atoms with van der Waals surface area (Å²) in [5, 5.41) is 4.41. The SMILES string of the molecule is COc1ccc(Cn2nc(C(=O)NN)cc2-c2ccc(C)cc2)cc1. The molecule has 0 aliphatic rings. The van der Waals surface area contributed by atoms with Gasteiger partial charge < -0.3 is 4.74 Å². The number of nitrogens with two attached hydrogens (primary N) is 1. The number of aryl methyl sites for hydroxylation is 1. The molecule has 0 saturated carbocycles.